The number of rotatable bonds is 6. The van der Waals surface area contributed by atoms with E-state index < -0.39 is 0 Å². The minimum Gasteiger partial charge on any atom is -0.355 e. The van der Waals surface area contributed by atoms with Crippen LogP contribution in [-0.2, 0) is 11.2 Å². The van der Waals surface area contributed by atoms with Crippen molar-refractivity contribution in [3.05, 3.63) is 59.5 Å². The van der Waals surface area contributed by atoms with Gasteiger partial charge in [0.1, 0.15) is 5.82 Å². The van der Waals surface area contributed by atoms with Crippen molar-refractivity contribution < 1.29 is 9.18 Å². The number of halogens is 1. The largest absolute Gasteiger partial charge is 0.355 e. The Labute approximate surface area is 138 Å². The van der Waals surface area contributed by atoms with E-state index >= 15 is 0 Å². The van der Waals surface area contributed by atoms with Crippen LogP contribution in [0.3, 0.4) is 0 Å². The molecule has 23 heavy (non-hydrogen) atoms. The molecule has 0 saturated heterocycles. The fraction of sp³-hybridized carbons (Fsp3) is 0.235. The van der Waals surface area contributed by atoms with E-state index in [1.54, 1.807) is 37.4 Å². The van der Waals surface area contributed by atoms with Gasteiger partial charge >= 0.3 is 0 Å². The first-order valence-electron chi connectivity index (χ1n) is 7.13. The van der Waals surface area contributed by atoms with E-state index in [2.05, 4.69) is 10.3 Å². The molecule has 1 unspecified atom stereocenters. The molecule has 0 bridgehead atoms. The molecule has 1 N–H and O–H groups in total. The number of benzene rings is 1. The second-order valence-electron chi connectivity index (χ2n) is 4.92. The quantitative estimate of drug-likeness (QED) is 0.828. The minimum absolute atomic E-state index is 0.0960. The van der Waals surface area contributed by atoms with E-state index in [1.807, 2.05) is 6.07 Å². The predicted molar refractivity (Wildman–Crippen MR) is 87.4 cm³/mol. The molecule has 1 amide bonds. The van der Waals surface area contributed by atoms with E-state index in [1.165, 1.54) is 23.9 Å². The van der Waals surface area contributed by atoms with Gasteiger partial charge in [-0.1, -0.05) is 23.9 Å². The van der Waals surface area contributed by atoms with Crippen LogP contribution in [0, 0.1) is 17.1 Å². The third-order valence-electron chi connectivity index (χ3n) is 3.16. The smallest absolute Gasteiger partial charge is 0.233 e. The van der Waals surface area contributed by atoms with Crippen molar-refractivity contribution in [3.63, 3.8) is 0 Å². The van der Waals surface area contributed by atoms with E-state index in [0.717, 1.165) is 5.56 Å². The van der Waals surface area contributed by atoms with Gasteiger partial charge < -0.3 is 5.32 Å². The lowest BCUT2D eigenvalue weighted by atomic mass is 10.1. The summed E-state index contributed by atoms with van der Waals surface area (Å²) in [6.07, 6.45) is 2.20. The molecule has 1 atom stereocenters. The number of carbonyl (C=O) groups is 1. The summed E-state index contributed by atoms with van der Waals surface area (Å²) in [6.45, 7) is 2.28. The maximum Gasteiger partial charge on any atom is 0.233 e. The van der Waals surface area contributed by atoms with Crippen LogP contribution in [0.15, 0.2) is 47.6 Å². The molecule has 0 aliphatic carbocycles. The number of nitrogens with one attached hydrogen (secondary N) is 1. The van der Waals surface area contributed by atoms with Gasteiger partial charge in [0.2, 0.25) is 5.91 Å². The lowest BCUT2D eigenvalue weighted by molar-refractivity contribution is -0.120. The topological polar surface area (TPSA) is 65.8 Å². The first-order valence-corrected chi connectivity index (χ1v) is 8.01. The summed E-state index contributed by atoms with van der Waals surface area (Å²) in [4.78, 5) is 16.2. The molecule has 2 rings (SSSR count). The van der Waals surface area contributed by atoms with Gasteiger partial charge in [0.25, 0.3) is 0 Å². The van der Waals surface area contributed by atoms with Crippen LogP contribution in [0.25, 0.3) is 0 Å². The molecule has 0 aliphatic rings. The number of nitriles is 1. The van der Waals surface area contributed by atoms with Crippen molar-refractivity contribution in [2.45, 2.75) is 23.6 Å². The Morgan fingerprint density at radius 1 is 1.39 bits per heavy atom. The summed E-state index contributed by atoms with van der Waals surface area (Å²) < 4.78 is 12.8. The average molecular weight is 329 g/mol. The monoisotopic (exact) mass is 329 g/mol. The highest BCUT2D eigenvalue weighted by atomic mass is 32.2. The fourth-order valence-corrected chi connectivity index (χ4v) is 2.77. The minimum atomic E-state index is -0.315. The molecule has 1 aromatic heterocycles. The number of amides is 1. The Bertz CT molecular complexity index is 713. The van der Waals surface area contributed by atoms with Crippen LogP contribution >= 0.6 is 11.8 Å². The third kappa shape index (κ3) is 5.38. The number of hydrogen-bond acceptors (Lipinski definition) is 4. The Morgan fingerprint density at radius 3 is 2.83 bits per heavy atom. The average Bonchev–Trinajstić information content (AvgIpc) is 2.56. The normalized spacial score (nSPS) is 11.5. The van der Waals surface area contributed by atoms with Crippen LogP contribution in [0.4, 0.5) is 4.39 Å². The summed E-state index contributed by atoms with van der Waals surface area (Å²) in [5, 5.41) is 12.0. The van der Waals surface area contributed by atoms with E-state index in [9.17, 15) is 9.18 Å². The van der Waals surface area contributed by atoms with Gasteiger partial charge in [0, 0.05) is 12.7 Å². The number of pyridine rings is 1. The predicted octanol–water partition coefficient (Wildman–Crippen LogP) is 2.93. The Kier molecular flexibility index (Phi) is 6.12. The lowest BCUT2D eigenvalue weighted by Gasteiger charge is -2.11. The van der Waals surface area contributed by atoms with Crippen molar-refractivity contribution in [3.8, 4) is 6.07 Å². The van der Waals surface area contributed by atoms with Crippen molar-refractivity contribution >= 4 is 17.7 Å². The van der Waals surface area contributed by atoms with Crippen LogP contribution in [-0.4, -0.2) is 22.7 Å². The first kappa shape index (κ1) is 17.0. The molecule has 2 aromatic rings. The Balaban J connectivity index is 1.80. The van der Waals surface area contributed by atoms with Gasteiger partial charge in [-0.3, -0.25) is 4.79 Å². The molecule has 0 aliphatic heterocycles. The fourth-order valence-electron chi connectivity index (χ4n) is 1.90. The summed E-state index contributed by atoms with van der Waals surface area (Å²) in [6, 6.07) is 11.6. The highest BCUT2D eigenvalue weighted by molar-refractivity contribution is 8.00. The van der Waals surface area contributed by atoms with Crippen LogP contribution < -0.4 is 5.32 Å². The number of aromatic nitrogens is 1. The highest BCUT2D eigenvalue weighted by Crippen LogP contribution is 2.21. The molecular weight excluding hydrogens is 313 g/mol. The third-order valence-corrected chi connectivity index (χ3v) is 4.19. The van der Waals surface area contributed by atoms with Crippen molar-refractivity contribution in [1.82, 2.24) is 10.3 Å². The first-order chi connectivity index (χ1) is 11.1. The van der Waals surface area contributed by atoms with Gasteiger partial charge in [0.05, 0.1) is 21.9 Å². The molecule has 0 fully saturated rings. The SMILES string of the molecule is CC(Sc1cc(C#N)ccn1)C(=O)NCCc1ccc(F)cc1. The number of carbonyl (C=O) groups excluding carboxylic acids is 1. The molecular formula is C17H16FN3OS. The maximum absolute atomic E-state index is 12.8. The molecule has 118 valence electrons. The summed E-state index contributed by atoms with van der Waals surface area (Å²) in [5.41, 5.74) is 1.49. The summed E-state index contributed by atoms with van der Waals surface area (Å²) >= 11 is 1.31. The van der Waals surface area contributed by atoms with Crippen molar-refractivity contribution in [2.75, 3.05) is 6.54 Å². The van der Waals surface area contributed by atoms with Gasteiger partial charge in [-0.25, -0.2) is 9.37 Å². The van der Waals surface area contributed by atoms with Gasteiger partial charge in [-0.05, 0) is 43.2 Å². The highest BCUT2D eigenvalue weighted by Gasteiger charge is 2.14. The van der Waals surface area contributed by atoms with Gasteiger partial charge in [0.15, 0.2) is 0 Å². The zero-order valence-electron chi connectivity index (χ0n) is 12.6. The van der Waals surface area contributed by atoms with Crippen LogP contribution in [0.5, 0.6) is 0 Å². The Morgan fingerprint density at radius 2 is 2.13 bits per heavy atom. The molecule has 0 radical (unpaired) electrons. The van der Waals surface area contributed by atoms with Crippen LogP contribution in [0.1, 0.15) is 18.1 Å². The molecule has 1 heterocycles. The van der Waals surface area contributed by atoms with Crippen molar-refractivity contribution in [2.24, 2.45) is 0 Å². The van der Waals surface area contributed by atoms with E-state index in [0.29, 0.717) is 23.6 Å². The standard InChI is InChI=1S/C17H16FN3OS/c1-12(23-16-10-14(11-19)7-8-20-16)17(22)21-9-6-13-2-4-15(18)5-3-13/h2-5,7-8,10,12H,6,9H2,1H3,(H,21,22). The molecule has 4 nitrogen and oxygen atoms in total. The zero-order valence-corrected chi connectivity index (χ0v) is 13.4. The lowest BCUT2D eigenvalue weighted by Crippen LogP contribution is -2.32. The van der Waals surface area contributed by atoms with E-state index in [4.69, 9.17) is 5.26 Å². The van der Waals surface area contributed by atoms with Gasteiger partial charge in [-0.15, -0.1) is 0 Å². The summed E-state index contributed by atoms with van der Waals surface area (Å²) in [5.74, 6) is -0.365. The van der Waals surface area contributed by atoms with Crippen molar-refractivity contribution in [1.29, 1.82) is 5.26 Å². The zero-order chi connectivity index (χ0) is 16.7. The van der Waals surface area contributed by atoms with Gasteiger partial charge in [-0.2, -0.15) is 5.26 Å². The number of thioether (sulfide) groups is 1. The number of hydrogen-bond donors (Lipinski definition) is 1. The number of nitrogens with zero attached hydrogens (tertiary/aromatic N) is 2. The van der Waals surface area contributed by atoms with E-state index in [-0.39, 0.29) is 17.0 Å². The molecule has 6 heteroatoms. The molecule has 1 aromatic carbocycles. The second-order valence-corrected chi connectivity index (χ2v) is 6.28. The molecule has 0 spiro atoms. The second kappa shape index (κ2) is 8.30. The Hall–Kier alpha value is -2.39. The maximum atomic E-state index is 12.8. The molecule has 0 saturated carbocycles. The van der Waals surface area contributed by atoms with Crippen LogP contribution in [0.2, 0.25) is 0 Å². The summed E-state index contributed by atoms with van der Waals surface area (Å²) in [7, 11) is 0.